The van der Waals surface area contributed by atoms with E-state index in [-0.39, 0.29) is 5.79 Å². The largest absolute Gasteiger partial charge is 0.312 e. The van der Waals surface area contributed by atoms with Gasteiger partial charge < -0.3 is 4.74 Å². The fourth-order valence-electron chi connectivity index (χ4n) is 6.42. The van der Waals surface area contributed by atoms with E-state index in [0.29, 0.717) is 17.8 Å². The Labute approximate surface area is 127 Å². The van der Waals surface area contributed by atoms with Crippen LogP contribution < -0.4 is 0 Å². The molecule has 3 heteroatoms. The van der Waals surface area contributed by atoms with E-state index in [0.717, 1.165) is 11.8 Å². The Morgan fingerprint density at radius 2 is 1.33 bits per heavy atom. The van der Waals surface area contributed by atoms with Crippen molar-refractivity contribution in [3.8, 4) is 0 Å². The van der Waals surface area contributed by atoms with Crippen LogP contribution in [0, 0.1) is 29.6 Å². The molecule has 4 bridgehead atoms. The maximum Gasteiger partial charge on any atom is 0.210 e. The second kappa shape index (κ2) is 4.46. The molecule has 0 amide bonds. The van der Waals surface area contributed by atoms with Gasteiger partial charge in [-0.3, -0.25) is 0 Å². The molecule has 6 aliphatic rings. The predicted molar refractivity (Wildman–Crippen MR) is 78.0 cm³/mol. The highest BCUT2D eigenvalue weighted by Gasteiger charge is 2.66. The van der Waals surface area contributed by atoms with Crippen LogP contribution in [0.2, 0.25) is 0 Å². The zero-order valence-corrected chi connectivity index (χ0v) is 13.2. The van der Waals surface area contributed by atoms with Crippen LogP contribution in [0.4, 0.5) is 0 Å². The van der Waals surface area contributed by atoms with Crippen LogP contribution in [-0.4, -0.2) is 11.6 Å². The number of ether oxygens (including phenoxy) is 1. The van der Waals surface area contributed by atoms with Gasteiger partial charge in [0.1, 0.15) is 0 Å². The lowest BCUT2D eigenvalue weighted by molar-refractivity contribution is -0.390. The molecule has 5 saturated carbocycles. The molecular formula is C18H28O3. The van der Waals surface area contributed by atoms with Gasteiger partial charge in [-0.1, -0.05) is 19.3 Å². The Balaban J connectivity index is 1.41. The third-order valence-corrected chi connectivity index (χ3v) is 7.32. The van der Waals surface area contributed by atoms with Crippen LogP contribution in [0.1, 0.15) is 71.1 Å². The molecule has 0 aromatic heterocycles. The van der Waals surface area contributed by atoms with E-state index in [1.54, 1.807) is 0 Å². The van der Waals surface area contributed by atoms with E-state index in [4.69, 9.17) is 14.5 Å². The molecule has 0 aromatic carbocycles. The van der Waals surface area contributed by atoms with E-state index >= 15 is 0 Å². The van der Waals surface area contributed by atoms with Crippen molar-refractivity contribution in [2.75, 3.05) is 0 Å². The first-order valence-corrected chi connectivity index (χ1v) is 9.25. The van der Waals surface area contributed by atoms with Crippen molar-refractivity contribution in [2.45, 2.75) is 82.7 Å². The maximum atomic E-state index is 6.71. The predicted octanol–water partition coefficient (Wildman–Crippen LogP) is 4.41. The van der Waals surface area contributed by atoms with E-state index in [1.807, 2.05) is 0 Å². The van der Waals surface area contributed by atoms with Crippen molar-refractivity contribution in [3.05, 3.63) is 0 Å². The minimum absolute atomic E-state index is 0.389. The number of hydrogen-bond donors (Lipinski definition) is 0. The monoisotopic (exact) mass is 292 g/mol. The third-order valence-electron chi connectivity index (χ3n) is 7.32. The normalized spacial score (nSPS) is 56.4. The van der Waals surface area contributed by atoms with Crippen LogP contribution in [0.25, 0.3) is 0 Å². The highest BCUT2D eigenvalue weighted by atomic mass is 17.3. The Bertz CT molecular complexity index is 400. The van der Waals surface area contributed by atoms with Gasteiger partial charge in [-0.05, 0) is 63.7 Å². The molecular weight excluding hydrogens is 264 g/mol. The first-order chi connectivity index (χ1) is 10.2. The Morgan fingerprint density at radius 3 is 1.95 bits per heavy atom. The van der Waals surface area contributed by atoms with E-state index in [1.165, 1.54) is 64.2 Å². The van der Waals surface area contributed by atoms with Crippen LogP contribution in [0.3, 0.4) is 0 Å². The SMILES string of the molecule is C[C@]1(C2CCCCC2)OOC2(O1)C1CC3CC(C1)CC2C3. The summed E-state index contributed by atoms with van der Waals surface area (Å²) in [5.74, 6) is 2.68. The van der Waals surface area contributed by atoms with Crippen molar-refractivity contribution in [1.82, 2.24) is 0 Å². The maximum absolute atomic E-state index is 6.71. The van der Waals surface area contributed by atoms with E-state index in [2.05, 4.69) is 6.92 Å². The lowest BCUT2D eigenvalue weighted by atomic mass is 9.53. The fourth-order valence-corrected chi connectivity index (χ4v) is 6.42. The van der Waals surface area contributed by atoms with Crippen molar-refractivity contribution < 1.29 is 14.5 Å². The first kappa shape index (κ1) is 13.3. The molecule has 1 heterocycles. The molecule has 1 spiro atoms. The van der Waals surface area contributed by atoms with Gasteiger partial charge in [-0.25, -0.2) is 0 Å². The minimum atomic E-state index is -0.490. The Morgan fingerprint density at radius 1 is 0.714 bits per heavy atom. The smallest absolute Gasteiger partial charge is 0.210 e. The molecule has 3 nitrogen and oxygen atoms in total. The highest BCUT2D eigenvalue weighted by Crippen LogP contribution is 2.63. The first-order valence-electron chi connectivity index (χ1n) is 9.25. The molecule has 0 radical (unpaired) electrons. The van der Waals surface area contributed by atoms with Gasteiger partial charge in [0, 0.05) is 17.8 Å². The van der Waals surface area contributed by atoms with Gasteiger partial charge in [0.05, 0.1) is 0 Å². The van der Waals surface area contributed by atoms with E-state index < -0.39 is 5.79 Å². The molecule has 0 aromatic rings. The lowest BCUT2D eigenvalue weighted by Gasteiger charge is -2.57. The van der Waals surface area contributed by atoms with E-state index in [9.17, 15) is 0 Å². The van der Waals surface area contributed by atoms with Gasteiger partial charge >= 0.3 is 0 Å². The molecule has 0 N–H and O–H groups in total. The molecule has 21 heavy (non-hydrogen) atoms. The van der Waals surface area contributed by atoms with Crippen LogP contribution in [0.5, 0.6) is 0 Å². The van der Waals surface area contributed by atoms with Crippen LogP contribution >= 0.6 is 0 Å². The zero-order valence-electron chi connectivity index (χ0n) is 13.2. The average Bonchev–Trinajstić information content (AvgIpc) is 2.86. The topological polar surface area (TPSA) is 27.7 Å². The summed E-state index contributed by atoms with van der Waals surface area (Å²) in [7, 11) is 0. The second-order valence-corrected chi connectivity index (χ2v) is 8.65. The third kappa shape index (κ3) is 1.83. The highest BCUT2D eigenvalue weighted by molar-refractivity contribution is 5.05. The van der Waals surface area contributed by atoms with Crippen LogP contribution in [0.15, 0.2) is 0 Å². The van der Waals surface area contributed by atoms with Crippen molar-refractivity contribution in [1.29, 1.82) is 0 Å². The summed E-state index contributed by atoms with van der Waals surface area (Å²) in [6.45, 7) is 2.14. The van der Waals surface area contributed by atoms with Gasteiger partial charge in [-0.2, -0.15) is 9.78 Å². The summed E-state index contributed by atoms with van der Waals surface area (Å²) in [6.07, 6.45) is 13.1. The summed E-state index contributed by atoms with van der Waals surface area (Å²) in [4.78, 5) is 12.0. The quantitative estimate of drug-likeness (QED) is 0.670. The van der Waals surface area contributed by atoms with Gasteiger partial charge in [0.25, 0.3) is 0 Å². The summed E-state index contributed by atoms with van der Waals surface area (Å²) in [5.41, 5.74) is 0. The summed E-state index contributed by atoms with van der Waals surface area (Å²) >= 11 is 0. The van der Waals surface area contributed by atoms with Crippen molar-refractivity contribution >= 4 is 0 Å². The molecule has 6 rings (SSSR count). The lowest BCUT2D eigenvalue weighted by Crippen LogP contribution is -2.59. The van der Waals surface area contributed by atoms with Gasteiger partial charge in [0.2, 0.25) is 11.6 Å². The van der Waals surface area contributed by atoms with Crippen molar-refractivity contribution in [2.24, 2.45) is 29.6 Å². The molecule has 5 aliphatic carbocycles. The van der Waals surface area contributed by atoms with Crippen LogP contribution in [-0.2, 0) is 14.5 Å². The fraction of sp³-hybridized carbons (Fsp3) is 1.00. The summed E-state index contributed by atoms with van der Waals surface area (Å²) < 4.78 is 6.71. The number of hydrogen-bond acceptors (Lipinski definition) is 3. The standard InChI is InChI=1S/C18H28O3/c1-17(14-5-3-2-4-6-14)19-18(21-20-17)15-8-12-7-13(10-15)11-16(18)9-12/h12-16H,2-11H2,1H3/t12?,13?,15?,16?,17-,18?/m1/s1. The second-order valence-electron chi connectivity index (χ2n) is 8.65. The molecule has 6 fully saturated rings. The summed E-state index contributed by atoms with van der Waals surface area (Å²) in [5, 5.41) is 0. The van der Waals surface area contributed by atoms with Crippen molar-refractivity contribution in [3.63, 3.8) is 0 Å². The molecule has 1 saturated heterocycles. The molecule has 118 valence electrons. The zero-order chi connectivity index (χ0) is 14.1. The summed E-state index contributed by atoms with van der Waals surface area (Å²) in [6, 6.07) is 0. The molecule has 1 atom stereocenters. The van der Waals surface area contributed by atoms with Gasteiger partial charge in [0.15, 0.2) is 0 Å². The Hall–Kier alpha value is -0.120. The average molecular weight is 292 g/mol. The van der Waals surface area contributed by atoms with Gasteiger partial charge in [-0.15, -0.1) is 0 Å². The number of rotatable bonds is 1. The Kier molecular flexibility index (Phi) is 2.83. The molecule has 1 aliphatic heterocycles. The minimum Gasteiger partial charge on any atom is -0.312 e. The molecule has 0 unspecified atom stereocenters.